The molecule has 1 spiro atoms. The summed E-state index contributed by atoms with van der Waals surface area (Å²) in [5.74, 6) is -0.430. The van der Waals surface area contributed by atoms with Gasteiger partial charge in [-0.2, -0.15) is 5.26 Å². The summed E-state index contributed by atoms with van der Waals surface area (Å²) in [4.78, 5) is 15.6. The zero-order chi connectivity index (χ0) is 12.1. The largest absolute Gasteiger partial charge is 0.464 e. The number of carbonyl (C=O) groups excluding carboxylic acids is 1. The highest BCUT2D eigenvalue weighted by Gasteiger charge is 2.63. The van der Waals surface area contributed by atoms with Crippen molar-refractivity contribution < 1.29 is 9.53 Å². The van der Waals surface area contributed by atoms with Crippen molar-refractivity contribution in [3.8, 4) is 6.07 Å². The lowest BCUT2D eigenvalue weighted by molar-refractivity contribution is 0.0594. The van der Waals surface area contributed by atoms with E-state index in [1.165, 1.54) is 31.3 Å². The first-order valence-corrected chi connectivity index (χ1v) is 6.47. The molecule has 5 heteroatoms. The first kappa shape index (κ1) is 10.7. The van der Waals surface area contributed by atoms with Crippen molar-refractivity contribution >= 4 is 17.3 Å². The highest BCUT2D eigenvalue weighted by atomic mass is 32.1. The topological polar surface area (TPSA) is 63.0 Å². The van der Waals surface area contributed by atoms with Gasteiger partial charge in [0.1, 0.15) is 10.4 Å². The molecule has 0 unspecified atom stereocenters. The maximum absolute atomic E-state index is 11.3. The highest BCUT2D eigenvalue weighted by molar-refractivity contribution is 7.10. The average molecular weight is 248 g/mol. The number of esters is 1. The predicted octanol–water partition coefficient (Wildman–Crippen LogP) is 2.27. The van der Waals surface area contributed by atoms with Gasteiger partial charge in [0, 0.05) is 5.38 Å². The van der Waals surface area contributed by atoms with Gasteiger partial charge in [-0.25, -0.2) is 9.78 Å². The fraction of sp³-hybridized carbons (Fsp3) is 0.583. The summed E-state index contributed by atoms with van der Waals surface area (Å²) in [5.41, 5.74) is 0.319. The lowest BCUT2D eigenvalue weighted by Crippen LogP contribution is -2.41. The van der Waals surface area contributed by atoms with Crippen LogP contribution < -0.4 is 0 Å². The molecule has 2 aliphatic carbocycles. The van der Waals surface area contributed by atoms with Crippen LogP contribution in [-0.4, -0.2) is 18.1 Å². The first-order chi connectivity index (χ1) is 8.13. The molecule has 0 bridgehead atoms. The summed E-state index contributed by atoms with van der Waals surface area (Å²) in [6.07, 6.45) is 4.30. The van der Waals surface area contributed by atoms with E-state index >= 15 is 0 Å². The SMILES string of the molecule is COC(=O)c1csc(C2(C#N)CC3(CC3)C2)n1. The van der Waals surface area contributed by atoms with Crippen molar-refractivity contribution in [3.63, 3.8) is 0 Å². The van der Waals surface area contributed by atoms with Crippen LogP contribution in [0, 0.1) is 16.7 Å². The maximum atomic E-state index is 11.3. The van der Waals surface area contributed by atoms with Crippen LogP contribution in [0.2, 0.25) is 0 Å². The van der Waals surface area contributed by atoms with Crippen LogP contribution in [0.4, 0.5) is 0 Å². The van der Waals surface area contributed by atoms with Crippen molar-refractivity contribution in [2.75, 3.05) is 7.11 Å². The Labute approximate surface area is 103 Å². The number of thiazole rings is 1. The van der Waals surface area contributed by atoms with Crippen LogP contribution in [0.25, 0.3) is 0 Å². The molecule has 1 heterocycles. The lowest BCUT2D eigenvalue weighted by Gasteiger charge is -2.41. The fourth-order valence-corrected chi connectivity index (χ4v) is 3.67. The maximum Gasteiger partial charge on any atom is 0.357 e. The standard InChI is InChI=1S/C12H12N2O2S/c1-16-9(15)8-4-17-10(14-8)12(7-13)5-11(6-12)2-3-11/h4H,2-3,5-6H2,1H3. The van der Waals surface area contributed by atoms with Crippen molar-refractivity contribution in [2.45, 2.75) is 31.1 Å². The van der Waals surface area contributed by atoms with Crippen LogP contribution in [0.5, 0.6) is 0 Å². The molecule has 0 radical (unpaired) electrons. The Bertz CT molecular complexity index is 517. The van der Waals surface area contributed by atoms with Gasteiger partial charge in [0.25, 0.3) is 0 Å². The van der Waals surface area contributed by atoms with Gasteiger partial charge in [-0.1, -0.05) is 0 Å². The Kier molecular flexibility index (Phi) is 2.08. The van der Waals surface area contributed by atoms with Gasteiger partial charge >= 0.3 is 5.97 Å². The molecule has 0 amide bonds. The summed E-state index contributed by atoms with van der Waals surface area (Å²) in [6, 6.07) is 2.39. The Morgan fingerprint density at radius 3 is 2.82 bits per heavy atom. The zero-order valence-electron chi connectivity index (χ0n) is 9.52. The van der Waals surface area contributed by atoms with Crippen molar-refractivity contribution in [1.29, 1.82) is 5.26 Å². The minimum atomic E-state index is -0.437. The predicted molar refractivity (Wildman–Crippen MR) is 61.6 cm³/mol. The van der Waals surface area contributed by atoms with Crippen LogP contribution >= 0.6 is 11.3 Å². The molecular weight excluding hydrogens is 236 g/mol. The van der Waals surface area contributed by atoms with Crippen LogP contribution in [0.1, 0.15) is 41.2 Å². The monoisotopic (exact) mass is 248 g/mol. The Morgan fingerprint density at radius 2 is 2.29 bits per heavy atom. The molecule has 17 heavy (non-hydrogen) atoms. The number of aromatic nitrogens is 1. The second kappa shape index (κ2) is 3.30. The molecular formula is C12H12N2O2S. The van der Waals surface area contributed by atoms with Crippen LogP contribution in [-0.2, 0) is 10.2 Å². The Hall–Kier alpha value is -1.41. The quantitative estimate of drug-likeness (QED) is 0.753. The summed E-state index contributed by atoms with van der Waals surface area (Å²) < 4.78 is 4.62. The fourth-order valence-electron chi connectivity index (χ4n) is 2.73. The number of hydrogen-bond donors (Lipinski definition) is 0. The van der Waals surface area contributed by atoms with Gasteiger partial charge < -0.3 is 4.74 Å². The molecule has 88 valence electrons. The second-order valence-electron chi connectivity index (χ2n) is 5.08. The van der Waals surface area contributed by atoms with Gasteiger partial charge in [0.05, 0.1) is 13.2 Å². The molecule has 2 fully saturated rings. The Morgan fingerprint density at radius 1 is 1.59 bits per heavy atom. The second-order valence-corrected chi connectivity index (χ2v) is 5.94. The number of carbonyl (C=O) groups is 1. The number of ether oxygens (including phenoxy) is 1. The van der Waals surface area contributed by atoms with E-state index in [-0.39, 0.29) is 0 Å². The van der Waals surface area contributed by atoms with Gasteiger partial charge in [-0.3, -0.25) is 0 Å². The van der Waals surface area contributed by atoms with Crippen LogP contribution in [0.15, 0.2) is 5.38 Å². The van der Waals surface area contributed by atoms with Gasteiger partial charge in [-0.05, 0) is 31.1 Å². The van der Waals surface area contributed by atoms with E-state index < -0.39 is 11.4 Å². The smallest absolute Gasteiger partial charge is 0.357 e. The van der Waals surface area contributed by atoms with E-state index in [0.717, 1.165) is 17.8 Å². The lowest BCUT2D eigenvalue weighted by atomic mass is 9.60. The third kappa shape index (κ3) is 1.48. The molecule has 4 nitrogen and oxygen atoms in total. The number of nitrogens with zero attached hydrogens (tertiary/aromatic N) is 2. The van der Waals surface area contributed by atoms with Crippen molar-refractivity contribution in [1.82, 2.24) is 4.98 Å². The van der Waals surface area contributed by atoms with Gasteiger partial charge in [0.2, 0.25) is 0 Å². The average Bonchev–Trinajstić information content (AvgIpc) is 2.93. The summed E-state index contributed by atoms with van der Waals surface area (Å²) in [6.45, 7) is 0. The van der Waals surface area contributed by atoms with E-state index in [1.807, 2.05) is 0 Å². The zero-order valence-corrected chi connectivity index (χ0v) is 10.3. The summed E-state index contributed by atoms with van der Waals surface area (Å²) in [7, 11) is 1.34. The molecule has 0 atom stereocenters. The number of nitriles is 1. The number of methoxy groups -OCH3 is 1. The minimum Gasteiger partial charge on any atom is -0.464 e. The minimum absolute atomic E-state index is 0.318. The third-order valence-electron chi connectivity index (χ3n) is 3.83. The molecule has 1 aromatic rings. The normalized spacial score (nSPS) is 22.6. The molecule has 0 aromatic carbocycles. The first-order valence-electron chi connectivity index (χ1n) is 5.59. The van der Waals surface area contributed by atoms with Crippen molar-refractivity contribution in [2.24, 2.45) is 5.41 Å². The summed E-state index contributed by atoms with van der Waals surface area (Å²) >= 11 is 1.39. The number of rotatable bonds is 2. The van der Waals surface area contributed by atoms with E-state index in [0.29, 0.717) is 11.1 Å². The van der Waals surface area contributed by atoms with E-state index in [1.54, 1.807) is 5.38 Å². The van der Waals surface area contributed by atoms with Crippen LogP contribution in [0.3, 0.4) is 0 Å². The molecule has 0 saturated heterocycles. The Balaban J connectivity index is 1.86. The van der Waals surface area contributed by atoms with Gasteiger partial charge in [0.15, 0.2) is 5.69 Å². The highest BCUT2D eigenvalue weighted by Crippen LogP contribution is 2.68. The molecule has 0 N–H and O–H groups in total. The third-order valence-corrected chi connectivity index (χ3v) is 4.88. The van der Waals surface area contributed by atoms with E-state index in [9.17, 15) is 10.1 Å². The summed E-state index contributed by atoms with van der Waals surface area (Å²) in [5, 5.41) is 11.8. The van der Waals surface area contributed by atoms with E-state index in [2.05, 4.69) is 15.8 Å². The van der Waals surface area contributed by atoms with Gasteiger partial charge in [-0.15, -0.1) is 11.3 Å². The molecule has 2 saturated carbocycles. The van der Waals surface area contributed by atoms with Crippen molar-refractivity contribution in [3.05, 3.63) is 16.1 Å². The molecule has 3 rings (SSSR count). The van der Waals surface area contributed by atoms with E-state index in [4.69, 9.17) is 0 Å². The molecule has 0 aliphatic heterocycles. The molecule has 2 aliphatic rings. The molecule has 1 aromatic heterocycles. The number of hydrogen-bond acceptors (Lipinski definition) is 5.